The van der Waals surface area contributed by atoms with Gasteiger partial charge in [-0.1, -0.05) is 12.1 Å². The fraction of sp³-hybridized carbons (Fsp3) is 0.250. The molecule has 1 aliphatic rings. The van der Waals surface area contributed by atoms with Crippen LogP contribution in [-0.4, -0.2) is 11.4 Å². The van der Waals surface area contributed by atoms with Crippen LogP contribution in [0.15, 0.2) is 30.5 Å². The van der Waals surface area contributed by atoms with Crippen LogP contribution in [0.5, 0.6) is 0 Å². The van der Waals surface area contributed by atoms with Gasteiger partial charge in [0.2, 0.25) is 5.78 Å². The first kappa shape index (κ1) is 9.90. The first-order valence-electron chi connectivity index (χ1n) is 4.69. The van der Waals surface area contributed by atoms with E-state index < -0.39 is 5.60 Å². The summed E-state index contributed by atoms with van der Waals surface area (Å²) < 4.78 is 18.2. The maximum atomic E-state index is 13.0. The summed E-state index contributed by atoms with van der Waals surface area (Å²) in [5, 5.41) is 0. The Morgan fingerprint density at radius 3 is 2.60 bits per heavy atom. The highest BCUT2D eigenvalue weighted by molar-refractivity contribution is 6.25. The first-order chi connectivity index (χ1) is 7.00. The molecule has 1 aromatic rings. The molecule has 0 bridgehead atoms. The Labute approximate surface area is 87.4 Å². The molecule has 0 atom stereocenters. The van der Waals surface area contributed by atoms with Gasteiger partial charge in [0.15, 0.2) is 5.60 Å². The zero-order valence-electron chi connectivity index (χ0n) is 8.58. The molecule has 0 aliphatic carbocycles. The van der Waals surface area contributed by atoms with Crippen molar-refractivity contribution in [2.75, 3.05) is 0 Å². The minimum Gasteiger partial charge on any atom is -0.487 e. The number of ether oxygens (including phenoxy) is 1. The van der Waals surface area contributed by atoms with Crippen molar-refractivity contribution in [3.05, 3.63) is 41.9 Å². The van der Waals surface area contributed by atoms with Gasteiger partial charge in [-0.05, 0) is 31.5 Å². The van der Waals surface area contributed by atoms with Crippen molar-refractivity contribution in [3.8, 4) is 0 Å². The zero-order valence-corrected chi connectivity index (χ0v) is 8.58. The van der Waals surface area contributed by atoms with Crippen molar-refractivity contribution in [1.29, 1.82) is 0 Å². The van der Waals surface area contributed by atoms with E-state index in [1.807, 2.05) is 0 Å². The third-order valence-corrected chi connectivity index (χ3v) is 2.40. The summed E-state index contributed by atoms with van der Waals surface area (Å²) in [7, 11) is 0. The fourth-order valence-electron chi connectivity index (χ4n) is 1.49. The van der Waals surface area contributed by atoms with Gasteiger partial charge in [0.05, 0.1) is 11.8 Å². The van der Waals surface area contributed by atoms with Gasteiger partial charge in [-0.3, -0.25) is 4.79 Å². The topological polar surface area (TPSA) is 26.3 Å². The van der Waals surface area contributed by atoms with Gasteiger partial charge in [0, 0.05) is 0 Å². The number of Topliss-reactive ketones (excluding diaryl/α,β-unsaturated/α-hetero) is 1. The molecule has 3 heteroatoms. The molecule has 0 aromatic heterocycles. The number of carbonyl (C=O) groups is 1. The van der Waals surface area contributed by atoms with Gasteiger partial charge in [0.25, 0.3) is 0 Å². The molecule has 0 radical (unpaired) electrons. The second-order valence-electron chi connectivity index (χ2n) is 4.00. The van der Waals surface area contributed by atoms with Crippen LogP contribution in [0.2, 0.25) is 0 Å². The molecular weight excluding hydrogens is 195 g/mol. The summed E-state index contributed by atoms with van der Waals surface area (Å²) >= 11 is 0. The zero-order chi connectivity index (χ0) is 11.1. The lowest BCUT2D eigenvalue weighted by atomic mass is 9.95. The summed E-state index contributed by atoms with van der Waals surface area (Å²) in [4.78, 5) is 11.8. The number of rotatable bonds is 1. The Hall–Kier alpha value is -1.64. The molecule has 0 fully saturated rings. The molecule has 1 aromatic carbocycles. The van der Waals surface area contributed by atoms with E-state index in [9.17, 15) is 9.18 Å². The number of ketones is 1. The second-order valence-corrected chi connectivity index (χ2v) is 4.00. The van der Waals surface area contributed by atoms with Gasteiger partial charge < -0.3 is 4.74 Å². The van der Waals surface area contributed by atoms with Crippen LogP contribution < -0.4 is 0 Å². The smallest absolute Gasteiger partial charge is 0.209 e. The van der Waals surface area contributed by atoms with E-state index in [1.54, 1.807) is 26.0 Å². The normalized spacial score (nSPS) is 18.6. The summed E-state index contributed by atoms with van der Waals surface area (Å²) in [5.41, 5.74) is 0.159. The molecule has 0 N–H and O–H groups in total. The van der Waals surface area contributed by atoms with Crippen molar-refractivity contribution in [1.82, 2.24) is 0 Å². The number of hydrogen-bond donors (Lipinski definition) is 0. The Bertz CT molecular complexity index is 447. The molecule has 2 nitrogen and oxygen atoms in total. The lowest BCUT2D eigenvalue weighted by molar-refractivity contribution is -0.125. The minimum atomic E-state index is -0.832. The number of halogens is 1. The molecule has 78 valence electrons. The Kier molecular flexibility index (Phi) is 2.11. The third kappa shape index (κ3) is 1.65. The van der Waals surface area contributed by atoms with Gasteiger partial charge in [-0.2, -0.15) is 0 Å². The molecule has 0 unspecified atom stereocenters. The van der Waals surface area contributed by atoms with Crippen molar-refractivity contribution >= 4 is 11.4 Å². The molecule has 0 saturated carbocycles. The van der Waals surface area contributed by atoms with E-state index in [1.165, 1.54) is 18.4 Å². The molecule has 0 saturated heterocycles. The highest BCUT2D eigenvalue weighted by atomic mass is 19.1. The van der Waals surface area contributed by atoms with E-state index in [-0.39, 0.29) is 11.6 Å². The summed E-state index contributed by atoms with van der Waals surface area (Å²) in [6, 6.07) is 5.94. The van der Waals surface area contributed by atoms with E-state index in [4.69, 9.17) is 4.74 Å². The van der Waals surface area contributed by atoms with Crippen molar-refractivity contribution in [2.24, 2.45) is 0 Å². The fourth-order valence-corrected chi connectivity index (χ4v) is 1.49. The van der Waals surface area contributed by atoms with Gasteiger partial charge in [-0.15, -0.1) is 0 Å². The SMILES string of the molecule is CC1(C)OC=C(c2cccc(F)c2)C1=O. The molecule has 1 heterocycles. The predicted molar refractivity (Wildman–Crippen MR) is 54.5 cm³/mol. The quantitative estimate of drug-likeness (QED) is 0.705. The molecular formula is C12H11FO2. The molecule has 0 amide bonds. The van der Waals surface area contributed by atoms with E-state index in [0.717, 1.165) is 0 Å². The average molecular weight is 206 g/mol. The largest absolute Gasteiger partial charge is 0.487 e. The lowest BCUT2D eigenvalue weighted by Gasteiger charge is -2.15. The van der Waals surface area contributed by atoms with Crippen molar-refractivity contribution in [3.63, 3.8) is 0 Å². The van der Waals surface area contributed by atoms with E-state index >= 15 is 0 Å². The summed E-state index contributed by atoms with van der Waals surface area (Å²) in [6.07, 6.45) is 1.40. The summed E-state index contributed by atoms with van der Waals surface area (Å²) in [5.74, 6) is -0.473. The maximum absolute atomic E-state index is 13.0. The molecule has 0 spiro atoms. The standard InChI is InChI=1S/C12H11FO2/c1-12(2)11(14)10(7-15-12)8-4-3-5-9(13)6-8/h3-7H,1-2H3. The number of hydrogen-bond acceptors (Lipinski definition) is 2. The van der Waals surface area contributed by atoms with Gasteiger partial charge in [-0.25, -0.2) is 4.39 Å². The molecule has 15 heavy (non-hydrogen) atoms. The monoisotopic (exact) mass is 206 g/mol. The Morgan fingerprint density at radius 2 is 2.07 bits per heavy atom. The Balaban J connectivity index is 2.39. The third-order valence-electron chi connectivity index (χ3n) is 2.40. The van der Waals surface area contributed by atoms with Crippen LogP contribution >= 0.6 is 0 Å². The Morgan fingerprint density at radius 1 is 1.33 bits per heavy atom. The van der Waals surface area contributed by atoms with Crippen LogP contribution in [0.25, 0.3) is 5.57 Å². The van der Waals surface area contributed by atoms with Crippen LogP contribution in [-0.2, 0) is 9.53 Å². The molecule has 2 rings (SSSR count). The number of benzene rings is 1. The first-order valence-corrected chi connectivity index (χ1v) is 4.69. The van der Waals surface area contributed by atoms with Crippen molar-refractivity contribution in [2.45, 2.75) is 19.4 Å². The highest BCUT2D eigenvalue weighted by Gasteiger charge is 2.37. The van der Waals surface area contributed by atoms with Gasteiger partial charge >= 0.3 is 0 Å². The second kappa shape index (κ2) is 3.19. The average Bonchev–Trinajstić information content (AvgIpc) is 2.42. The lowest BCUT2D eigenvalue weighted by Crippen LogP contribution is -2.28. The molecule has 1 aliphatic heterocycles. The van der Waals surface area contributed by atoms with Crippen LogP contribution in [0.4, 0.5) is 4.39 Å². The van der Waals surface area contributed by atoms with Gasteiger partial charge in [0.1, 0.15) is 5.82 Å². The van der Waals surface area contributed by atoms with Crippen LogP contribution in [0.3, 0.4) is 0 Å². The van der Waals surface area contributed by atoms with Crippen LogP contribution in [0.1, 0.15) is 19.4 Å². The maximum Gasteiger partial charge on any atom is 0.209 e. The van der Waals surface area contributed by atoms with Crippen LogP contribution in [0, 0.1) is 5.82 Å². The van der Waals surface area contributed by atoms with Crippen molar-refractivity contribution < 1.29 is 13.9 Å². The van der Waals surface area contributed by atoms with E-state index in [2.05, 4.69) is 0 Å². The minimum absolute atomic E-state index is 0.117. The summed E-state index contributed by atoms with van der Waals surface area (Å²) in [6.45, 7) is 3.39. The highest BCUT2D eigenvalue weighted by Crippen LogP contribution is 2.30. The predicted octanol–water partition coefficient (Wildman–Crippen LogP) is 2.54. The van der Waals surface area contributed by atoms with E-state index in [0.29, 0.717) is 11.1 Å². The number of carbonyl (C=O) groups excluding carboxylic acids is 1.